The summed E-state index contributed by atoms with van der Waals surface area (Å²) >= 11 is 0. The van der Waals surface area contributed by atoms with Crippen molar-refractivity contribution in [1.82, 2.24) is 24.8 Å². The highest BCUT2D eigenvalue weighted by Crippen LogP contribution is 2.28. The molecule has 0 aliphatic carbocycles. The molecule has 0 unspecified atom stereocenters. The molecule has 0 saturated carbocycles. The molecule has 2 saturated heterocycles. The lowest BCUT2D eigenvalue weighted by molar-refractivity contribution is -0.137. The molecule has 0 spiro atoms. The molecule has 30 heavy (non-hydrogen) atoms. The topological polar surface area (TPSA) is 83.5 Å². The highest BCUT2D eigenvalue weighted by molar-refractivity contribution is 5.78. The lowest BCUT2D eigenvalue weighted by Crippen LogP contribution is -2.46. The molecule has 4 rings (SSSR count). The first-order valence-corrected chi connectivity index (χ1v) is 10.8. The second-order valence-electron chi connectivity index (χ2n) is 8.08. The van der Waals surface area contributed by atoms with E-state index in [1.54, 1.807) is 18.5 Å². The number of amides is 1. The molecule has 8 heteroatoms. The summed E-state index contributed by atoms with van der Waals surface area (Å²) in [6.45, 7) is 7.86. The molecule has 1 atom stereocenters. The van der Waals surface area contributed by atoms with E-state index in [1.165, 1.54) is 0 Å². The SMILES string of the molecule is C[C@H](CN1CCOCC1)C(=O)N1CCC(c2ccc(Nc3ncccn3)cn2)CC1. The number of carbonyl (C=O) groups is 1. The average Bonchev–Trinajstić information content (AvgIpc) is 2.80. The van der Waals surface area contributed by atoms with E-state index in [2.05, 4.69) is 31.2 Å². The van der Waals surface area contributed by atoms with Crippen molar-refractivity contribution in [2.24, 2.45) is 5.92 Å². The fraction of sp³-hybridized carbons (Fsp3) is 0.545. The van der Waals surface area contributed by atoms with Gasteiger partial charge in [0.15, 0.2) is 0 Å². The minimum atomic E-state index is 0.0309. The smallest absolute Gasteiger partial charge is 0.227 e. The molecule has 2 aliphatic rings. The van der Waals surface area contributed by atoms with Gasteiger partial charge in [-0.25, -0.2) is 9.97 Å². The molecule has 160 valence electrons. The molecule has 1 amide bonds. The maximum absolute atomic E-state index is 12.9. The van der Waals surface area contributed by atoms with Gasteiger partial charge in [0, 0.05) is 62.6 Å². The van der Waals surface area contributed by atoms with Gasteiger partial charge in [-0.1, -0.05) is 6.92 Å². The summed E-state index contributed by atoms with van der Waals surface area (Å²) in [7, 11) is 0. The number of anilines is 2. The lowest BCUT2D eigenvalue weighted by atomic mass is 9.92. The molecule has 0 radical (unpaired) electrons. The molecule has 2 aromatic heterocycles. The Labute approximate surface area is 177 Å². The van der Waals surface area contributed by atoms with Gasteiger partial charge in [0.1, 0.15) is 0 Å². The fourth-order valence-electron chi connectivity index (χ4n) is 4.17. The molecule has 2 aliphatic heterocycles. The van der Waals surface area contributed by atoms with Crippen LogP contribution in [0, 0.1) is 5.92 Å². The molecule has 8 nitrogen and oxygen atoms in total. The summed E-state index contributed by atoms with van der Waals surface area (Å²) in [6, 6.07) is 5.86. The van der Waals surface area contributed by atoms with Gasteiger partial charge in [-0.15, -0.1) is 0 Å². The predicted molar refractivity (Wildman–Crippen MR) is 115 cm³/mol. The minimum absolute atomic E-state index is 0.0309. The first-order chi connectivity index (χ1) is 14.7. The van der Waals surface area contributed by atoms with Crippen LogP contribution in [0.1, 0.15) is 31.4 Å². The molecular weight excluding hydrogens is 380 g/mol. The van der Waals surface area contributed by atoms with Crippen LogP contribution < -0.4 is 5.32 Å². The van der Waals surface area contributed by atoms with Gasteiger partial charge < -0.3 is 15.0 Å². The maximum atomic E-state index is 12.9. The van der Waals surface area contributed by atoms with Crippen LogP contribution in [0.25, 0.3) is 0 Å². The molecule has 0 bridgehead atoms. The minimum Gasteiger partial charge on any atom is -0.379 e. The first kappa shape index (κ1) is 20.7. The van der Waals surface area contributed by atoms with Gasteiger partial charge in [0.25, 0.3) is 0 Å². The van der Waals surface area contributed by atoms with E-state index in [1.807, 2.05) is 24.1 Å². The summed E-state index contributed by atoms with van der Waals surface area (Å²) in [5, 5.41) is 3.15. The first-order valence-electron chi connectivity index (χ1n) is 10.8. The largest absolute Gasteiger partial charge is 0.379 e. The van der Waals surface area contributed by atoms with E-state index < -0.39 is 0 Å². The number of piperidine rings is 1. The molecule has 0 aromatic carbocycles. The zero-order valence-corrected chi connectivity index (χ0v) is 17.5. The number of rotatable bonds is 6. The van der Waals surface area contributed by atoms with Crippen molar-refractivity contribution in [3.63, 3.8) is 0 Å². The molecule has 2 fully saturated rings. The van der Waals surface area contributed by atoms with Crippen molar-refractivity contribution >= 4 is 17.5 Å². The Morgan fingerprint density at radius 2 is 1.87 bits per heavy atom. The monoisotopic (exact) mass is 410 g/mol. The number of nitrogens with one attached hydrogen (secondary N) is 1. The highest BCUT2D eigenvalue weighted by Gasteiger charge is 2.28. The van der Waals surface area contributed by atoms with E-state index in [-0.39, 0.29) is 11.8 Å². The third kappa shape index (κ3) is 5.31. The van der Waals surface area contributed by atoms with Crippen molar-refractivity contribution < 1.29 is 9.53 Å². The quantitative estimate of drug-likeness (QED) is 0.782. The summed E-state index contributed by atoms with van der Waals surface area (Å²) in [5.74, 6) is 1.26. The molecular formula is C22H30N6O2. The van der Waals surface area contributed by atoms with Crippen LogP contribution in [0.5, 0.6) is 0 Å². The number of hydrogen-bond acceptors (Lipinski definition) is 7. The maximum Gasteiger partial charge on any atom is 0.227 e. The van der Waals surface area contributed by atoms with Crippen LogP contribution in [-0.4, -0.2) is 76.6 Å². The second-order valence-corrected chi connectivity index (χ2v) is 8.08. The molecule has 1 N–H and O–H groups in total. The zero-order valence-electron chi connectivity index (χ0n) is 17.5. The Hall–Kier alpha value is -2.58. The van der Waals surface area contributed by atoms with E-state index in [9.17, 15) is 4.79 Å². The normalized spacial score (nSPS) is 19.4. The fourth-order valence-corrected chi connectivity index (χ4v) is 4.17. The van der Waals surface area contributed by atoms with Crippen molar-refractivity contribution in [3.8, 4) is 0 Å². The van der Waals surface area contributed by atoms with Gasteiger partial charge in [-0.3, -0.25) is 14.7 Å². The van der Waals surface area contributed by atoms with Crippen LogP contribution in [0.15, 0.2) is 36.8 Å². The van der Waals surface area contributed by atoms with Crippen LogP contribution in [0.4, 0.5) is 11.6 Å². The van der Waals surface area contributed by atoms with Crippen molar-refractivity contribution in [2.45, 2.75) is 25.7 Å². The number of ether oxygens (including phenoxy) is 1. The third-order valence-corrected chi connectivity index (χ3v) is 5.89. The van der Waals surface area contributed by atoms with Crippen LogP contribution in [0.2, 0.25) is 0 Å². The highest BCUT2D eigenvalue weighted by atomic mass is 16.5. The lowest BCUT2D eigenvalue weighted by Gasteiger charge is -2.35. The summed E-state index contributed by atoms with van der Waals surface area (Å²) in [6.07, 6.45) is 7.14. The van der Waals surface area contributed by atoms with Gasteiger partial charge >= 0.3 is 0 Å². The number of hydrogen-bond donors (Lipinski definition) is 1. The van der Waals surface area contributed by atoms with E-state index >= 15 is 0 Å². The number of pyridine rings is 1. The summed E-state index contributed by atoms with van der Waals surface area (Å²) in [5.41, 5.74) is 1.96. The van der Waals surface area contributed by atoms with E-state index in [0.29, 0.717) is 11.9 Å². The van der Waals surface area contributed by atoms with Crippen molar-refractivity contribution in [2.75, 3.05) is 51.3 Å². The third-order valence-electron chi connectivity index (χ3n) is 5.89. The molecule has 2 aromatic rings. The summed E-state index contributed by atoms with van der Waals surface area (Å²) in [4.78, 5) is 30.2. The van der Waals surface area contributed by atoms with Gasteiger partial charge in [0.2, 0.25) is 11.9 Å². The Morgan fingerprint density at radius 3 is 2.53 bits per heavy atom. The van der Waals surface area contributed by atoms with Crippen LogP contribution in [0.3, 0.4) is 0 Å². The Morgan fingerprint density at radius 1 is 1.13 bits per heavy atom. The predicted octanol–water partition coefficient (Wildman–Crippen LogP) is 2.29. The van der Waals surface area contributed by atoms with Gasteiger partial charge in [0.05, 0.1) is 25.1 Å². The number of nitrogens with zero attached hydrogens (tertiary/aromatic N) is 5. The zero-order chi connectivity index (χ0) is 20.8. The van der Waals surface area contributed by atoms with Crippen molar-refractivity contribution in [3.05, 3.63) is 42.5 Å². The van der Waals surface area contributed by atoms with E-state index in [0.717, 1.165) is 70.2 Å². The van der Waals surface area contributed by atoms with Gasteiger partial charge in [-0.05, 0) is 31.0 Å². The number of carbonyl (C=O) groups excluding carboxylic acids is 1. The molecule has 4 heterocycles. The Balaban J connectivity index is 1.26. The van der Waals surface area contributed by atoms with Crippen molar-refractivity contribution in [1.29, 1.82) is 0 Å². The summed E-state index contributed by atoms with van der Waals surface area (Å²) < 4.78 is 5.40. The van der Waals surface area contributed by atoms with Crippen LogP contribution >= 0.6 is 0 Å². The van der Waals surface area contributed by atoms with Gasteiger partial charge in [-0.2, -0.15) is 0 Å². The number of likely N-dealkylation sites (tertiary alicyclic amines) is 1. The Bertz CT molecular complexity index is 802. The Kier molecular flexibility index (Phi) is 6.86. The standard InChI is InChI=1S/C22H30N6O2/c1-17(16-27-11-13-30-14-12-27)21(29)28-9-5-18(6-10-28)20-4-3-19(15-25-20)26-22-23-7-2-8-24-22/h2-4,7-8,15,17-18H,5-6,9-14,16H2,1H3,(H,23,24,26)/t17-/m1/s1. The van der Waals surface area contributed by atoms with E-state index in [4.69, 9.17) is 4.74 Å². The average molecular weight is 411 g/mol. The van der Waals surface area contributed by atoms with Crippen LogP contribution in [-0.2, 0) is 9.53 Å². The number of morpholine rings is 1. The number of aromatic nitrogens is 3. The second kappa shape index (κ2) is 9.95.